The second-order valence-electron chi connectivity index (χ2n) is 4.47. The van der Waals surface area contributed by atoms with Crippen molar-refractivity contribution in [3.63, 3.8) is 0 Å². The summed E-state index contributed by atoms with van der Waals surface area (Å²) in [4.78, 5) is 8.31. The molecule has 0 aliphatic rings. The number of hydrogen-bond donors (Lipinski definition) is 0. The largest absolute Gasteiger partial charge is 0.496 e. The Bertz CT molecular complexity index is 649. The lowest BCUT2D eigenvalue weighted by Gasteiger charge is -2.11. The molecular formula is C15H15N3O. The molecule has 2 aromatic rings. The molecule has 0 bridgehead atoms. The summed E-state index contributed by atoms with van der Waals surface area (Å²) in [5, 5.41) is 8.93. The standard InChI is InChI=1S/C15H15N3O/c1-9-5-12(6-10(2)15(9)19-4)13-7-11(3)17-14(8-16)18-13/h5-7H,1-4H3. The molecule has 1 aromatic heterocycles. The van der Waals surface area contributed by atoms with Crippen molar-refractivity contribution in [1.29, 1.82) is 5.26 Å². The van der Waals surface area contributed by atoms with E-state index < -0.39 is 0 Å². The van der Waals surface area contributed by atoms with Crippen LogP contribution in [-0.4, -0.2) is 17.1 Å². The van der Waals surface area contributed by atoms with E-state index in [1.165, 1.54) is 0 Å². The van der Waals surface area contributed by atoms with Crippen molar-refractivity contribution >= 4 is 0 Å². The van der Waals surface area contributed by atoms with Crippen LogP contribution in [0.15, 0.2) is 18.2 Å². The summed E-state index contributed by atoms with van der Waals surface area (Å²) in [6.07, 6.45) is 0. The number of hydrogen-bond acceptors (Lipinski definition) is 4. The van der Waals surface area contributed by atoms with Crippen LogP contribution in [0.25, 0.3) is 11.3 Å². The van der Waals surface area contributed by atoms with Crippen molar-refractivity contribution in [2.24, 2.45) is 0 Å². The molecule has 0 atom stereocenters. The van der Waals surface area contributed by atoms with Gasteiger partial charge >= 0.3 is 0 Å². The van der Waals surface area contributed by atoms with Gasteiger partial charge in [-0.05, 0) is 50.1 Å². The lowest BCUT2D eigenvalue weighted by atomic mass is 10.0. The van der Waals surface area contributed by atoms with Crippen LogP contribution in [0.3, 0.4) is 0 Å². The molecule has 0 unspecified atom stereocenters. The van der Waals surface area contributed by atoms with Gasteiger partial charge in [0.15, 0.2) is 0 Å². The highest BCUT2D eigenvalue weighted by molar-refractivity contribution is 5.64. The van der Waals surface area contributed by atoms with Gasteiger partial charge < -0.3 is 4.74 Å². The van der Waals surface area contributed by atoms with Crippen LogP contribution in [0.5, 0.6) is 5.75 Å². The lowest BCUT2D eigenvalue weighted by Crippen LogP contribution is -1.97. The molecule has 0 radical (unpaired) electrons. The number of aryl methyl sites for hydroxylation is 3. The van der Waals surface area contributed by atoms with Gasteiger partial charge in [0, 0.05) is 11.3 Å². The third kappa shape index (κ3) is 2.55. The maximum atomic E-state index is 8.93. The van der Waals surface area contributed by atoms with Gasteiger partial charge in [-0.3, -0.25) is 0 Å². The number of nitrogens with zero attached hydrogens (tertiary/aromatic N) is 3. The molecule has 0 amide bonds. The van der Waals surface area contributed by atoms with Crippen LogP contribution in [0.2, 0.25) is 0 Å². The minimum atomic E-state index is 0.195. The monoisotopic (exact) mass is 253 g/mol. The number of aromatic nitrogens is 2. The third-order valence-corrected chi connectivity index (χ3v) is 2.91. The molecule has 4 nitrogen and oxygen atoms in total. The Kier molecular flexibility index (Phi) is 3.48. The van der Waals surface area contributed by atoms with E-state index in [-0.39, 0.29) is 5.82 Å². The molecule has 0 N–H and O–H groups in total. The van der Waals surface area contributed by atoms with E-state index in [2.05, 4.69) is 9.97 Å². The third-order valence-electron chi connectivity index (χ3n) is 2.91. The van der Waals surface area contributed by atoms with Gasteiger partial charge in [-0.15, -0.1) is 0 Å². The average molecular weight is 253 g/mol. The van der Waals surface area contributed by atoms with Crippen molar-refractivity contribution < 1.29 is 4.74 Å². The fourth-order valence-electron chi connectivity index (χ4n) is 2.19. The van der Waals surface area contributed by atoms with Gasteiger partial charge in [0.1, 0.15) is 11.8 Å². The molecular weight excluding hydrogens is 238 g/mol. The maximum absolute atomic E-state index is 8.93. The molecule has 0 aliphatic carbocycles. The second-order valence-corrected chi connectivity index (χ2v) is 4.47. The zero-order chi connectivity index (χ0) is 14.0. The molecule has 0 aliphatic heterocycles. The van der Waals surface area contributed by atoms with E-state index in [1.54, 1.807) is 7.11 Å². The Morgan fingerprint density at radius 3 is 2.21 bits per heavy atom. The number of rotatable bonds is 2. The molecule has 96 valence electrons. The molecule has 2 rings (SSSR count). The zero-order valence-electron chi connectivity index (χ0n) is 11.5. The first-order valence-electron chi connectivity index (χ1n) is 5.96. The number of benzene rings is 1. The first kappa shape index (κ1) is 13.0. The Morgan fingerprint density at radius 1 is 1.05 bits per heavy atom. The molecule has 4 heteroatoms. The van der Waals surface area contributed by atoms with Crippen LogP contribution in [0.1, 0.15) is 22.6 Å². The summed E-state index contributed by atoms with van der Waals surface area (Å²) in [5.74, 6) is 1.08. The van der Waals surface area contributed by atoms with Gasteiger partial charge in [-0.25, -0.2) is 9.97 Å². The van der Waals surface area contributed by atoms with E-state index in [0.717, 1.165) is 33.8 Å². The van der Waals surface area contributed by atoms with Gasteiger partial charge in [0.2, 0.25) is 5.82 Å². The average Bonchev–Trinajstić information content (AvgIpc) is 2.37. The molecule has 1 aromatic carbocycles. The normalized spacial score (nSPS) is 10.1. The van der Waals surface area contributed by atoms with Gasteiger partial charge in [0.25, 0.3) is 0 Å². The molecule has 1 heterocycles. The fraction of sp³-hybridized carbons (Fsp3) is 0.267. The van der Waals surface area contributed by atoms with Gasteiger partial charge in [-0.1, -0.05) is 0 Å². The SMILES string of the molecule is COc1c(C)cc(-c2cc(C)nc(C#N)n2)cc1C. The molecule has 19 heavy (non-hydrogen) atoms. The summed E-state index contributed by atoms with van der Waals surface area (Å²) >= 11 is 0. The molecule has 0 spiro atoms. The minimum absolute atomic E-state index is 0.195. The number of nitriles is 1. The topological polar surface area (TPSA) is 58.8 Å². The summed E-state index contributed by atoms with van der Waals surface area (Å²) in [6, 6.07) is 7.88. The van der Waals surface area contributed by atoms with E-state index in [0.29, 0.717) is 0 Å². The Labute approximate surface area is 112 Å². The summed E-state index contributed by atoms with van der Waals surface area (Å²) in [6.45, 7) is 5.85. The smallest absolute Gasteiger partial charge is 0.232 e. The molecule has 0 saturated heterocycles. The zero-order valence-corrected chi connectivity index (χ0v) is 11.5. The highest BCUT2D eigenvalue weighted by atomic mass is 16.5. The predicted molar refractivity (Wildman–Crippen MR) is 72.9 cm³/mol. The second kappa shape index (κ2) is 5.07. The van der Waals surface area contributed by atoms with E-state index in [1.807, 2.05) is 45.0 Å². The summed E-state index contributed by atoms with van der Waals surface area (Å²) in [7, 11) is 1.66. The van der Waals surface area contributed by atoms with Crippen LogP contribution < -0.4 is 4.74 Å². The minimum Gasteiger partial charge on any atom is -0.496 e. The summed E-state index contributed by atoms with van der Waals surface area (Å²) in [5.41, 5.74) is 4.61. The highest BCUT2D eigenvalue weighted by Gasteiger charge is 2.09. The van der Waals surface area contributed by atoms with E-state index in [4.69, 9.17) is 10.00 Å². The molecule has 0 saturated carbocycles. The lowest BCUT2D eigenvalue weighted by molar-refractivity contribution is 0.408. The Balaban J connectivity index is 2.60. The van der Waals surface area contributed by atoms with Crippen molar-refractivity contribution in [1.82, 2.24) is 9.97 Å². The fourth-order valence-corrected chi connectivity index (χ4v) is 2.19. The predicted octanol–water partition coefficient (Wildman–Crippen LogP) is 2.95. The van der Waals surface area contributed by atoms with Crippen LogP contribution in [0, 0.1) is 32.1 Å². The van der Waals surface area contributed by atoms with Crippen LogP contribution in [0.4, 0.5) is 0 Å². The first-order chi connectivity index (χ1) is 9.05. The van der Waals surface area contributed by atoms with Crippen LogP contribution in [-0.2, 0) is 0 Å². The quantitative estimate of drug-likeness (QED) is 0.825. The van der Waals surface area contributed by atoms with Crippen LogP contribution >= 0.6 is 0 Å². The van der Waals surface area contributed by atoms with Gasteiger partial charge in [0.05, 0.1) is 12.8 Å². The van der Waals surface area contributed by atoms with Crippen molar-refractivity contribution in [2.75, 3.05) is 7.11 Å². The Morgan fingerprint density at radius 2 is 1.68 bits per heavy atom. The number of ether oxygens (including phenoxy) is 1. The van der Waals surface area contributed by atoms with Gasteiger partial charge in [-0.2, -0.15) is 5.26 Å². The van der Waals surface area contributed by atoms with E-state index in [9.17, 15) is 0 Å². The van der Waals surface area contributed by atoms with Crippen molar-refractivity contribution in [3.8, 4) is 23.1 Å². The number of methoxy groups -OCH3 is 1. The highest BCUT2D eigenvalue weighted by Crippen LogP contribution is 2.29. The molecule has 0 fully saturated rings. The Hall–Kier alpha value is -2.41. The first-order valence-corrected chi connectivity index (χ1v) is 5.96. The van der Waals surface area contributed by atoms with Crippen molar-refractivity contribution in [2.45, 2.75) is 20.8 Å². The maximum Gasteiger partial charge on any atom is 0.232 e. The van der Waals surface area contributed by atoms with E-state index >= 15 is 0 Å². The van der Waals surface area contributed by atoms with Crippen molar-refractivity contribution in [3.05, 3.63) is 40.8 Å². The summed E-state index contributed by atoms with van der Waals surface area (Å²) < 4.78 is 5.35.